The molecule has 1 saturated heterocycles. The molecule has 0 bridgehead atoms. The van der Waals surface area contributed by atoms with Gasteiger partial charge in [-0.1, -0.05) is 19.1 Å². The van der Waals surface area contributed by atoms with Crippen molar-refractivity contribution >= 4 is 11.9 Å². The van der Waals surface area contributed by atoms with Crippen LogP contribution < -0.4 is 0 Å². The normalized spacial score (nSPS) is 21.5. The number of nitrogens with zero attached hydrogens (tertiary/aromatic N) is 1. The van der Waals surface area contributed by atoms with Gasteiger partial charge in [-0.15, -0.1) is 0 Å². The predicted molar refractivity (Wildman–Crippen MR) is 76.3 cm³/mol. The summed E-state index contributed by atoms with van der Waals surface area (Å²) in [5, 5.41) is 0. The zero-order chi connectivity index (χ0) is 17.9. The summed E-state index contributed by atoms with van der Waals surface area (Å²) in [7, 11) is 0. The van der Waals surface area contributed by atoms with E-state index < -0.39 is 36.5 Å². The van der Waals surface area contributed by atoms with Crippen molar-refractivity contribution in [2.75, 3.05) is 13.2 Å². The first-order chi connectivity index (χ1) is 11.2. The van der Waals surface area contributed by atoms with Gasteiger partial charge in [-0.25, -0.2) is 9.18 Å². The SMILES string of the molecule is CC1CCC(c2cccc(F)c2)N(C(=O)C(=O)OCC(F)(F)F)C1. The molecule has 1 aromatic carbocycles. The van der Waals surface area contributed by atoms with Gasteiger partial charge in [0.15, 0.2) is 6.61 Å². The van der Waals surface area contributed by atoms with Gasteiger partial charge in [0.1, 0.15) is 5.82 Å². The number of amides is 1. The average Bonchev–Trinajstić information content (AvgIpc) is 2.51. The maximum Gasteiger partial charge on any atom is 0.422 e. The van der Waals surface area contributed by atoms with E-state index in [1.807, 2.05) is 6.92 Å². The molecule has 0 aliphatic carbocycles. The minimum Gasteiger partial charge on any atom is -0.449 e. The molecule has 8 heteroatoms. The van der Waals surface area contributed by atoms with Gasteiger partial charge in [-0.05, 0) is 36.5 Å². The number of esters is 1. The topological polar surface area (TPSA) is 46.6 Å². The minimum atomic E-state index is -4.70. The molecular weight excluding hydrogens is 330 g/mol. The molecule has 1 fully saturated rings. The maximum absolute atomic E-state index is 13.4. The Balaban J connectivity index is 2.16. The van der Waals surface area contributed by atoms with E-state index in [2.05, 4.69) is 4.74 Å². The lowest BCUT2D eigenvalue weighted by Crippen LogP contribution is -2.45. The number of likely N-dealkylation sites (tertiary alicyclic amines) is 1. The molecule has 2 rings (SSSR count). The second kappa shape index (κ2) is 7.19. The van der Waals surface area contributed by atoms with Gasteiger partial charge in [0.25, 0.3) is 0 Å². The standard InChI is InChI=1S/C16H17F4NO3/c1-10-5-6-13(11-3-2-4-12(17)7-11)21(8-10)14(22)15(23)24-9-16(18,19)20/h2-4,7,10,13H,5-6,8-9H2,1H3. The van der Waals surface area contributed by atoms with Crippen LogP contribution in [0.4, 0.5) is 17.6 Å². The van der Waals surface area contributed by atoms with Crippen LogP contribution in [-0.2, 0) is 14.3 Å². The molecule has 4 nitrogen and oxygen atoms in total. The molecule has 2 atom stereocenters. The molecule has 0 aromatic heterocycles. The Morgan fingerprint density at radius 2 is 2.00 bits per heavy atom. The zero-order valence-electron chi connectivity index (χ0n) is 13.0. The van der Waals surface area contributed by atoms with Gasteiger partial charge in [-0.2, -0.15) is 13.2 Å². The van der Waals surface area contributed by atoms with Gasteiger partial charge in [-0.3, -0.25) is 4.79 Å². The van der Waals surface area contributed by atoms with Crippen LogP contribution in [0.1, 0.15) is 31.4 Å². The molecule has 1 aliphatic rings. The molecule has 0 radical (unpaired) electrons. The molecule has 0 saturated carbocycles. The summed E-state index contributed by atoms with van der Waals surface area (Å²) in [4.78, 5) is 25.0. The molecule has 132 valence electrons. The van der Waals surface area contributed by atoms with E-state index in [-0.39, 0.29) is 12.5 Å². The number of hydrogen-bond acceptors (Lipinski definition) is 3. The quantitative estimate of drug-likeness (QED) is 0.469. The summed E-state index contributed by atoms with van der Waals surface area (Å²) in [6.07, 6.45) is -3.46. The van der Waals surface area contributed by atoms with Gasteiger partial charge in [0.05, 0.1) is 6.04 Å². The Hall–Kier alpha value is -2.12. The third-order valence-electron chi connectivity index (χ3n) is 3.85. The average molecular weight is 347 g/mol. The van der Waals surface area contributed by atoms with E-state index in [0.717, 1.165) is 6.42 Å². The molecule has 1 heterocycles. The molecule has 1 aliphatic heterocycles. The van der Waals surface area contributed by atoms with Gasteiger partial charge < -0.3 is 9.64 Å². The van der Waals surface area contributed by atoms with Crippen molar-refractivity contribution in [3.63, 3.8) is 0 Å². The van der Waals surface area contributed by atoms with Crippen LogP contribution >= 0.6 is 0 Å². The summed E-state index contributed by atoms with van der Waals surface area (Å²) in [6.45, 7) is 0.246. The fourth-order valence-electron chi connectivity index (χ4n) is 2.76. The molecule has 24 heavy (non-hydrogen) atoms. The number of alkyl halides is 3. The largest absolute Gasteiger partial charge is 0.449 e. The van der Waals surface area contributed by atoms with E-state index in [1.165, 1.54) is 23.1 Å². The van der Waals surface area contributed by atoms with Crippen LogP contribution in [0, 0.1) is 11.7 Å². The number of piperidine rings is 1. The molecule has 0 spiro atoms. The molecule has 0 N–H and O–H groups in total. The van der Waals surface area contributed by atoms with Crippen molar-refractivity contribution in [2.24, 2.45) is 5.92 Å². The van der Waals surface area contributed by atoms with Crippen molar-refractivity contribution in [1.82, 2.24) is 4.90 Å². The number of carbonyl (C=O) groups is 2. The van der Waals surface area contributed by atoms with E-state index in [9.17, 15) is 27.2 Å². The van der Waals surface area contributed by atoms with Crippen LogP contribution in [-0.4, -0.2) is 36.1 Å². The number of halogens is 4. The number of hydrogen-bond donors (Lipinski definition) is 0. The van der Waals surface area contributed by atoms with Gasteiger partial charge in [0.2, 0.25) is 0 Å². The minimum absolute atomic E-state index is 0.0779. The zero-order valence-corrected chi connectivity index (χ0v) is 13.0. The summed E-state index contributed by atoms with van der Waals surface area (Å²) in [6, 6.07) is 5.03. The summed E-state index contributed by atoms with van der Waals surface area (Å²) in [5.41, 5.74) is 0.499. The van der Waals surface area contributed by atoms with Crippen molar-refractivity contribution < 1.29 is 31.9 Å². The van der Waals surface area contributed by atoms with Crippen LogP contribution in [0.25, 0.3) is 0 Å². The third kappa shape index (κ3) is 4.69. The summed E-state index contributed by atoms with van der Waals surface area (Å²) in [5.74, 6) is -3.10. The Morgan fingerprint density at radius 3 is 2.62 bits per heavy atom. The van der Waals surface area contributed by atoms with E-state index in [1.54, 1.807) is 6.07 Å². The molecule has 2 unspecified atom stereocenters. The van der Waals surface area contributed by atoms with Gasteiger partial charge >= 0.3 is 18.1 Å². The van der Waals surface area contributed by atoms with E-state index in [4.69, 9.17) is 0 Å². The molecular formula is C16H17F4NO3. The molecule has 1 amide bonds. The van der Waals surface area contributed by atoms with Crippen LogP contribution in [0.5, 0.6) is 0 Å². The summed E-state index contributed by atoms with van der Waals surface area (Å²) >= 11 is 0. The Labute approximate surface area is 136 Å². The number of ether oxygens (including phenoxy) is 1. The van der Waals surface area contributed by atoms with Crippen LogP contribution in [0.15, 0.2) is 24.3 Å². The van der Waals surface area contributed by atoms with Gasteiger partial charge in [0, 0.05) is 6.54 Å². The highest BCUT2D eigenvalue weighted by Crippen LogP contribution is 2.33. The van der Waals surface area contributed by atoms with E-state index in [0.29, 0.717) is 12.0 Å². The van der Waals surface area contributed by atoms with Crippen molar-refractivity contribution in [3.05, 3.63) is 35.6 Å². The first-order valence-corrected chi connectivity index (χ1v) is 7.47. The van der Waals surface area contributed by atoms with Crippen molar-refractivity contribution in [3.8, 4) is 0 Å². The van der Waals surface area contributed by atoms with Crippen LogP contribution in [0.3, 0.4) is 0 Å². The third-order valence-corrected chi connectivity index (χ3v) is 3.85. The lowest BCUT2D eigenvalue weighted by molar-refractivity contribution is -0.190. The maximum atomic E-state index is 13.4. The fraction of sp³-hybridized carbons (Fsp3) is 0.500. The lowest BCUT2D eigenvalue weighted by atomic mass is 9.90. The lowest BCUT2D eigenvalue weighted by Gasteiger charge is -2.38. The highest BCUT2D eigenvalue weighted by molar-refractivity contribution is 6.32. The van der Waals surface area contributed by atoms with Crippen molar-refractivity contribution in [1.29, 1.82) is 0 Å². The Kier molecular flexibility index (Phi) is 5.46. The highest BCUT2D eigenvalue weighted by Gasteiger charge is 2.37. The monoisotopic (exact) mass is 347 g/mol. The second-order valence-electron chi connectivity index (χ2n) is 5.90. The number of rotatable bonds is 2. The molecule has 1 aromatic rings. The predicted octanol–water partition coefficient (Wildman–Crippen LogP) is 3.23. The Bertz CT molecular complexity index is 618. The summed E-state index contributed by atoms with van der Waals surface area (Å²) < 4.78 is 53.8. The first kappa shape index (κ1) is 18.2. The number of carbonyl (C=O) groups excluding carboxylic acids is 2. The first-order valence-electron chi connectivity index (χ1n) is 7.47. The van der Waals surface area contributed by atoms with E-state index >= 15 is 0 Å². The van der Waals surface area contributed by atoms with Crippen LogP contribution in [0.2, 0.25) is 0 Å². The Morgan fingerprint density at radius 1 is 1.29 bits per heavy atom. The smallest absolute Gasteiger partial charge is 0.422 e. The number of benzene rings is 1. The second-order valence-corrected chi connectivity index (χ2v) is 5.90. The van der Waals surface area contributed by atoms with Crippen molar-refractivity contribution in [2.45, 2.75) is 32.0 Å². The highest BCUT2D eigenvalue weighted by atomic mass is 19.4. The fourth-order valence-corrected chi connectivity index (χ4v) is 2.76.